The molecule has 2 fully saturated rings. The molecular formula is C12H20N2O4. The largest absolute Gasteiger partial charge is 0.391 e. The summed E-state index contributed by atoms with van der Waals surface area (Å²) in [6.45, 7) is 2.52. The molecule has 2 aliphatic rings. The van der Waals surface area contributed by atoms with Crippen LogP contribution in [0.1, 0.15) is 12.8 Å². The summed E-state index contributed by atoms with van der Waals surface area (Å²) in [5, 5.41) is 9.42. The summed E-state index contributed by atoms with van der Waals surface area (Å²) < 4.78 is 4.94. The van der Waals surface area contributed by atoms with Crippen LogP contribution in [0.15, 0.2) is 0 Å². The van der Waals surface area contributed by atoms with Gasteiger partial charge < -0.3 is 19.6 Å². The molecule has 2 atom stereocenters. The van der Waals surface area contributed by atoms with Crippen molar-refractivity contribution in [2.45, 2.75) is 18.9 Å². The van der Waals surface area contributed by atoms with E-state index in [-0.39, 0.29) is 24.2 Å². The van der Waals surface area contributed by atoms with Crippen LogP contribution in [0.5, 0.6) is 0 Å². The van der Waals surface area contributed by atoms with Crippen molar-refractivity contribution in [1.29, 1.82) is 0 Å². The Morgan fingerprint density at radius 1 is 1.50 bits per heavy atom. The predicted octanol–water partition coefficient (Wildman–Crippen LogP) is -0.925. The molecule has 2 amide bonds. The van der Waals surface area contributed by atoms with Gasteiger partial charge in [-0.25, -0.2) is 0 Å². The monoisotopic (exact) mass is 256 g/mol. The van der Waals surface area contributed by atoms with E-state index in [0.29, 0.717) is 39.2 Å². The fourth-order valence-electron chi connectivity index (χ4n) is 2.56. The zero-order chi connectivity index (χ0) is 13.1. The lowest BCUT2D eigenvalue weighted by Gasteiger charge is -2.20. The number of aliphatic hydroxyl groups excluding tert-OH is 1. The van der Waals surface area contributed by atoms with Gasteiger partial charge in [-0.15, -0.1) is 0 Å². The van der Waals surface area contributed by atoms with Crippen LogP contribution in [0.2, 0.25) is 0 Å². The van der Waals surface area contributed by atoms with Crippen molar-refractivity contribution >= 4 is 11.8 Å². The third-order valence-electron chi connectivity index (χ3n) is 3.60. The number of methoxy groups -OCH3 is 1. The third-order valence-corrected chi connectivity index (χ3v) is 3.60. The molecule has 0 saturated carbocycles. The van der Waals surface area contributed by atoms with E-state index in [2.05, 4.69) is 0 Å². The van der Waals surface area contributed by atoms with E-state index < -0.39 is 6.10 Å². The van der Waals surface area contributed by atoms with Crippen molar-refractivity contribution in [3.05, 3.63) is 0 Å². The smallest absolute Gasteiger partial charge is 0.228 e. The van der Waals surface area contributed by atoms with Crippen LogP contribution >= 0.6 is 0 Å². The summed E-state index contributed by atoms with van der Waals surface area (Å²) in [6.07, 6.45) is 0.519. The van der Waals surface area contributed by atoms with Crippen LogP contribution < -0.4 is 0 Å². The first-order valence-corrected chi connectivity index (χ1v) is 6.35. The molecule has 2 saturated heterocycles. The summed E-state index contributed by atoms with van der Waals surface area (Å²) in [5.74, 6) is -0.232. The molecule has 2 unspecified atom stereocenters. The Balaban J connectivity index is 1.87. The molecular weight excluding hydrogens is 236 g/mol. The lowest BCUT2D eigenvalue weighted by atomic mass is 10.1. The Bertz CT molecular complexity index is 334. The Morgan fingerprint density at radius 2 is 2.28 bits per heavy atom. The standard InChI is InChI=1S/C12H20N2O4/c1-18-5-4-13-7-9(6-11(13)16)12(17)14-3-2-10(15)8-14/h9-10,15H,2-8H2,1H3. The van der Waals surface area contributed by atoms with E-state index in [1.54, 1.807) is 16.9 Å². The third kappa shape index (κ3) is 2.81. The highest BCUT2D eigenvalue weighted by molar-refractivity contribution is 5.89. The van der Waals surface area contributed by atoms with Gasteiger partial charge in [0.25, 0.3) is 0 Å². The summed E-state index contributed by atoms with van der Waals surface area (Å²) in [7, 11) is 1.59. The number of hydrogen-bond acceptors (Lipinski definition) is 4. The molecule has 0 radical (unpaired) electrons. The number of rotatable bonds is 4. The van der Waals surface area contributed by atoms with Gasteiger partial charge in [0.2, 0.25) is 11.8 Å². The van der Waals surface area contributed by atoms with Crippen LogP contribution in [0.4, 0.5) is 0 Å². The van der Waals surface area contributed by atoms with E-state index in [1.807, 2.05) is 0 Å². The zero-order valence-corrected chi connectivity index (χ0v) is 10.7. The number of likely N-dealkylation sites (tertiary alicyclic amines) is 2. The lowest BCUT2D eigenvalue weighted by Crippen LogP contribution is -2.36. The zero-order valence-electron chi connectivity index (χ0n) is 10.7. The van der Waals surface area contributed by atoms with E-state index in [1.165, 1.54) is 0 Å². The number of carbonyl (C=O) groups is 2. The van der Waals surface area contributed by atoms with Crippen molar-refractivity contribution in [3.8, 4) is 0 Å². The minimum absolute atomic E-state index is 0.000170. The maximum absolute atomic E-state index is 12.2. The second kappa shape index (κ2) is 5.67. The molecule has 6 nitrogen and oxygen atoms in total. The summed E-state index contributed by atoms with van der Waals surface area (Å²) in [4.78, 5) is 27.2. The van der Waals surface area contributed by atoms with Crippen LogP contribution in [0.3, 0.4) is 0 Å². The van der Waals surface area contributed by atoms with Crippen LogP contribution in [0.25, 0.3) is 0 Å². The van der Waals surface area contributed by atoms with Crippen molar-refractivity contribution in [3.63, 3.8) is 0 Å². The van der Waals surface area contributed by atoms with Crippen molar-refractivity contribution in [2.75, 3.05) is 39.9 Å². The van der Waals surface area contributed by atoms with Gasteiger partial charge in [0.1, 0.15) is 0 Å². The van der Waals surface area contributed by atoms with Crippen molar-refractivity contribution in [2.24, 2.45) is 5.92 Å². The Morgan fingerprint density at radius 3 is 2.89 bits per heavy atom. The van der Waals surface area contributed by atoms with Gasteiger partial charge in [-0.05, 0) is 6.42 Å². The van der Waals surface area contributed by atoms with E-state index in [9.17, 15) is 14.7 Å². The highest BCUT2D eigenvalue weighted by atomic mass is 16.5. The number of aliphatic hydroxyl groups is 1. The van der Waals surface area contributed by atoms with Gasteiger partial charge in [-0.3, -0.25) is 9.59 Å². The number of β-amino-alcohol motifs (C(OH)–C–C–N with tert-alkyl or cyclic N) is 1. The highest BCUT2D eigenvalue weighted by Crippen LogP contribution is 2.22. The molecule has 0 aromatic carbocycles. The number of hydrogen-bond donors (Lipinski definition) is 1. The van der Waals surface area contributed by atoms with Gasteiger partial charge in [0, 0.05) is 39.7 Å². The Kier molecular flexibility index (Phi) is 4.19. The first-order valence-electron chi connectivity index (χ1n) is 6.35. The highest BCUT2D eigenvalue weighted by Gasteiger charge is 2.37. The first kappa shape index (κ1) is 13.3. The minimum atomic E-state index is -0.407. The molecule has 1 N–H and O–H groups in total. The molecule has 2 heterocycles. The normalized spacial score (nSPS) is 28.2. The molecule has 6 heteroatoms. The second-order valence-corrected chi connectivity index (χ2v) is 4.96. The van der Waals surface area contributed by atoms with Gasteiger partial charge >= 0.3 is 0 Å². The molecule has 2 rings (SSSR count). The lowest BCUT2D eigenvalue weighted by molar-refractivity contribution is -0.135. The summed E-state index contributed by atoms with van der Waals surface area (Å²) in [5.41, 5.74) is 0. The van der Waals surface area contributed by atoms with E-state index >= 15 is 0 Å². The molecule has 2 aliphatic heterocycles. The first-order chi connectivity index (χ1) is 8.61. The predicted molar refractivity (Wildman–Crippen MR) is 63.8 cm³/mol. The molecule has 0 aliphatic carbocycles. The maximum Gasteiger partial charge on any atom is 0.228 e. The van der Waals surface area contributed by atoms with Gasteiger partial charge in [0.05, 0.1) is 18.6 Å². The Labute approximate surface area is 106 Å². The van der Waals surface area contributed by atoms with Gasteiger partial charge in [-0.2, -0.15) is 0 Å². The summed E-state index contributed by atoms with van der Waals surface area (Å²) >= 11 is 0. The fraction of sp³-hybridized carbons (Fsp3) is 0.833. The number of amides is 2. The van der Waals surface area contributed by atoms with Gasteiger partial charge in [0.15, 0.2) is 0 Å². The van der Waals surface area contributed by atoms with Crippen molar-refractivity contribution in [1.82, 2.24) is 9.80 Å². The molecule has 102 valence electrons. The molecule has 0 spiro atoms. The van der Waals surface area contributed by atoms with Crippen LogP contribution in [0, 0.1) is 5.92 Å². The fourth-order valence-corrected chi connectivity index (χ4v) is 2.56. The quantitative estimate of drug-likeness (QED) is 0.706. The molecule has 18 heavy (non-hydrogen) atoms. The minimum Gasteiger partial charge on any atom is -0.391 e. The average Bonchev–Trinajstić information content (AvgIpc) is 2.92. The van der Waals surface area contributed by atoms with Crippen LogP contribution in [-0.4, -0.2) is 72.7 Å². The van der Waals surface area contributed by atoms with Crippen LogP contribution in [-0.2, 0) is 14.3 Å². The molecule has 0 aromatic heterocycles. The molecule has 0 aromatic rings. The van der Waals surface area contributed by atoms with E-state index in [4.69, 9.17) is 4.74 Å². The van der Waals surface area contributed by atoms with Gasteiger partial charge in [-0.1, -0.05) is 0 Å². The second-order valence-electron chi connectivity index (χ2n) is 4.96. The maximum atomic E-state index is 12.2. The summed E-state index contributed by atoms with van der Waals surface area (Å²) in [6, 6.07) is 0. The number of carbonyl (C=O) groups excluding carboxylic acids is 2. The van der Waals surface area contributed by atoms with Crippen molar-refractivity contribution < 1.29 is 19.4 Å². The average molecular weight is 256 g/mol. The number of ether oxygens (including phenoxy) is 1. The molecule has 0 bridgehead atoms. The topological polar surface area (TPSA) is 70.1 Å². The number of nitrogens with zero attached hydrogens (tertiary/aromatic N) is 2. The van der Waals surface area contributed by atoms with E-state index in [0.717, 1.165) is 0 Å². The Hall–Kier alpha value is -1.14. The SMILES string of the molecule is COCCN1CC(C(=O)N2CCC(O)C2)CC1=O.